The van der Waals surface area contributed by atoms with Gasteiger partial charge in [-0.1, -0.05) is 25.5 Å². The average Bonchev–Trinajstić information content (AvgIpc) is 2.69. The zero-order valence-electron chi connectivity index (χ0n) is 16.9. The molecular formula is C21H27BrN2O4S. The molecule has 1 N–H and O–H groups in total. The van der Waals surface area contributed by atoms with Gasteiger partial charge in [0.05, 0.1) is 11.5 Å². The molecule has 0 saturated heterocycles. The third-order valence-corrected chi connectivity index (χ3v) is 7.15. The maximum atomic E-state index is 12.4. The highest BCUT2D eigenvalue weighted by Gasteiger charge is 2.22. The van der Waals surface area contributed by atoms with Crippen LogP contribution in [0.15, 0.2) is 51.8 Å². The minimum absolute atomic E-state index is 0.0637. The molecule has 2 rings (SSSR count). The number of rotatable bonds is 10. The number of hydrogen-bond donors (Lipinski definition) is 1. The van der Waals surface area contributed by atoms with Gasteiger partial charge in [0, 0.05) is 30.7 Å². The van der Waals surface area contributed by atoms with E-state index in [1.54, 1.807) is 12.1 Å². The Bertz CT molecular complexity index is 928. The van der Waals surface area contributed by atoms with Crippen molar-refractivity contribution in [3.8, 4) is 5.75 Å². The monoisotopic (exact) mass is 482 g/mol. The Morgan fingerprint density at radius 1 is 1.14 bits per heavy atom. The van der Waals surface area contributed by atoms with Crippen LogP contribution in [0.1, 0.15) is 35.7 Å². The van der Waals surface area contributed by atoms with Gasteiger partial charge in [0.15, 0.2) is 0 Å². The summed E-state index contributed by atoms with van der Waals surface area (Å²) in [5.41, 5.74) is 1.38. The maximum absolute atomic E-state index is 12.4. The van der Waals surface area contributed by atoms with Crippen molar-refractivity contribution in [3.63, 3.8) is 0 Å². The van der Waals surface area contributed by atoms with Crippen molar-refractivity contribution in [2.75, 3.05) is 27.2 Å². The smallest absolute Gasteiger partial charge is 0.251 e. The predicted octanol–water partition coefficient (Wildman–Crippen LogP) is 3.85. The van der Waals surface area contributed by atoms with Crippen LogP contribution in [0.25, 0.3) is 0 Å². The van der Waals surface area contributed by atoms with Crippen LogP contribution in [0.5, 0.6) is 5.75 Å². The molecule has 0 aliphatic rings. The number of benzene rings is 2. The SMILES string of the molecule is CCCCOc1ccc(CCNC(=O)c2ccc(Br)c(S(=O)(=O)N(C)C)c2)cc1. The summed E-state index contributed by atoms with van der Waals surface area (Å²) in [5.74, 6) is 0.531. The van der Waals surface area contributed by atoms with Crippen LogP contribution < -0.4 is 10.1 Å². The second-order valence-corrected chi connectivity index (χ2v) is 9.76. The molecule has 0 atom stereocenters. The van der Waals surface area contributed by atoms with E-state index in [1.807, 2.05) is 24.3 Å². The number of carbonyl (C=O) groups is 1. The van der Waals surface area contributed by atoms with Crippen molar-refractivity contribution in [2.24, 2.45) is 0 Å². The van der Waals surface area contributed by atoms with E-state index in [2.05, 4.69) is 28.2 Å². The van der Waals surface area contributed by atoms with Gasteiger partial charge < -0.3 is 10.1 Å². The van der Waals surface area contributed by atoms with Crippen LogP contribution in [0.4, 0.5) is 0 Å². The molecule has 0 bridgehead atoms. The standard InChI is InChI=1S/C21H27BrN2O4S/c1-4-5-14-28-18-9-6-16(7-10-18)12-13-23-21(25)17-8-11-19(22)20(15-17)29(26,27)24(2)3/h6-11,15H,4-5,12-14H2,1-3H3,(H,23,25). The highest BCUT2D eigenvalue weighted by Crippen LogP contribution is 2.25. The second kappa shape index (κ2) is 10.8. The Morgan fingerprint density at radius 3 is 2.45 bits per heavy atom. The number of ether oxygens (including phenoxy) is 1. The topological polar surface area (TPSA) is 75.7 Å². The van der Waals surface area contributed by atoms with Gasteiger partial charge in [-0.15, -0.1) is 0 Å². The number of hydrogen-bond acceptors (Lipinski definition) is 4. The summed E-state index contributed by atoms with van der Waals surface area (Å²) in [6.07, 6.45) is 2.79. The third-order valence-electron chi connectivity index (χ3n) is 4.34. The molecule has 0 spiro atoms. The lowest BCUT2D eigenvalue weighted by Crippen LogP contribution is -2.27. The first-order valence-corrected chi connectivity index (χ1v) is 11.7. The molecular weight excluding hydrogens is 456 g/mol. The highest BCUT2D eigenvalue weighted by molar-refractivity contribution is 9.10. The average molecular weight is 483 g/mol. The quantitative estimate of drug-likeness (QED) is 0.521. The summed E-state index contributed by atoms with van der Waals surface area (Å²) in [6, 6.07) is 12.4. The number of carbonyl (C=O) groups excluding carboxylic acids is 1. The fraction of sp³-hybridized carbons (Fsp3) is 0.381. The number of sulfonamides is 1. The van der Waals surface area contributed by atoms with E-state index >= 15 is 0 Å². The number of amides is 1. The van der Waals surface area contributed by atoms with Gasteiger partial charge in [0.2, 0.25) is 10.0 Å². The van der Waals surface area contributed by atoms with Crippen molar-refractivity contribution in [3.05, 3.63) is 58.1 Å². The molecule has 0 heterocycles. The van der Waals surface area contributed by atoms with Crippen molar-refractivity contribution in [1.29, 1.82) is 0 Å². The number of unbranched alkanes of at least 4 members (excludes halogenated alkanes) is 1. The van der Waals surface area contributed by atoms with Gasteiger partial charge >= 0.3 is 0 Å². The number of halogens is 1. The molecule has 0 radical (unpaired) electrons. The highest BCUT2D eigenvalue weighted by atomic mass is 79.9. The summed E-state index contributed by atoms with van der Waals surface area (Å²) in [6.45, 7) is 3.28. The first-order chi connectivity index (χ1) is 13.8. The molecule has 0 aromatic heterocycles. The van der Waals surface area contributed by atoms with E-state index < -0.39 is 10.0 Å². The number of nitrogens with one attached hydrogen (secondary N) is 1. The van der Waals surface area contributed by atoms with E-state index in [0.29, 0.717) is 29.6 Å². The minimum Gasteiger partial charge on any atom is -0.494 e. The molecule has 0 aliphatic heterocycles. The van der Waals surface area contributed by atoms with E-state index in [4.69, 9.17) is 4.74 Å². The second-order valence-electron chi connectivity index (χ2n) is 6.78. The largest absolute Gasteiger partial charge is 0.494 e. The van der Waals surface area contributed by atoms with Crippen molar-refractivity contribution >= 4 is 31.9 Å². The molecule has 29 heavy (non-hydrogen) atoms. The van der Waals surface area contributed by atoms with Crippen molar-refractivity contribution < 1.29 is 17.9 Å². The molecule has 0 unspecified atom stereocenters. The molecule has 1 amide bonds. The van der Waals surface area contributed by atoms with E-state index in [9.17, 15) is 13.2 Å². The Labute approximate surface area is 181 Å². The van der Waals surface area contributed by atoms with E-state index in [0.717, 1.165) is 28.5 Å². The molecule has 0 fully saturated rings. The summed E-state index contributed by atoms with van der Waals surface area (Å²) in [4.78, 5) is 12.5. The van der Waals surface area contributed by atoms with E-state index in [-0.39, 0.29) is 10.8 Å². The molecule has 158 valence electrons. The summed E-state index contributed by atoms with van der Waals surface area (Å²) in [7, 11) is -0.739. The predicted molar refractivity (Wildman–Crippen MR) is 118 cm³/mol. The Balaban J connectivity index is 1.94. The fourth-order valence-electron chi connectivity index (χ4n) is 2.55. The first kappa shape index (κ1) is 23.4. The summed E-state index contributed by atoms with van der Waals surface area (Å²) in [5, 5.41) is 2.84. The Morgan fingerprint density at radius 2 is 1.83 bits per heavy atom. The molecule has 0 aliphatic carbocycles. The molecule has 2 aromatic rings. The minimum atomic E-state index is -3.65. The molecule has 2 aromatic carbocycles. The lowest BCUT2D eigenvalue weighted by Gasteiger charge is -2.14. The first-order valence-electron chi connectivity index (χ1n) is 9.47. The van der Waals surface area contributed by atoms with Crippen LogP contribution in [-0.4, -0.2) is 45.9 Å². The van der Waals surface area contributed by atoms with Gasteiger partial charge in [0.25, 0.3) is 5.91 Å². The lowest BCUT2D eigenvalue weighted by atomic mass is 10.1. The van der Waals surface area contributed by atoms with Crippen LogP contribution in [0.3, 0.4) is 0 Å². The zero-order chi connectivity index (χ0) is 21.4. The Kier molecular flexibility index (Phi) is 8.67. The van der Waals surface area contributed by atoms with Crippen LogP contribution in [0.2, 0.25) is 0 Å². The summed E-state index contributed by atoms with van der Waals surface area (Å²) >= 11 is 3.24. The number of nitrogens with zero attached hydrogens (tertiary/aromatic N) is 1. The maximum Gasteiger partial charge on any atom is 0.251 e. The van der Waals surface area contributed by atoms with Gasteiger partial charge in [-0.25, -0.2) is 12.7 Å². The fourth-order valence-corrected chi connectivity index (χ4v) is 4.39. The zero-order valence-corrected chi connectivity index (χ0v) is 19.3. The third kappa shape index (κ3) is 6.55. The van der Waals surface area contributed by atoms with Gasteiger partial charge in [-0.2, -0.15) is 0 Å². The molecule has 6 nitrogen and oxygen atoms in total. The lowest BCUT2D eigenvalue weighted by molar-refractivity contribution is 0.0954. The van der Waals surface area contributed by atoms with Crippen molar-refractivity contribution in [2.45, 2.75) is 31.1 Å². The van der Waals surface area contributed by atoms with Crippen LogP contribution in [-0.2, 0) is 16.4 Å². The summed E-state index contributed by atoms with van der Waals surface area (Å²) < 4.78 is 32.0. The van der Waals surface area contributed by atoms with Gasteiger partial charge in [0.1, 0.15) is 5.75 Å². The van der Waals surface area contributed by atoms with E-state index in [1.165, 1.54) is 20.2 Å². The van der Waals surface area contributed by atoms with Gasteiger partial charge in [-0.3, -0.25) is 4.79 Å². The Hall–Kier alpha value is -1.90. The van der Waals surface area contributed by atoms with Crippen LogP contribution in [0, 0.1) is 0 Å². The van der Waals surface area contributed by atoms with Crippen LogP contribution >= 0.6 is 15.9 Å². The van der Waals surface area contributed by atoms with Crippen molar-refractivity contribution in [1.82, 2.24) is 9.62 Å². The normalized spacial score (nSPS) is 11.5. The van der Waals surface area contributed by atoms with Gasteiger partial charge in [-0.05, 0) is 64.7 Å². The molecule has 8 heteroatoms. The molecule has 0 saturated carbocycles.